The van der Waals surface area contributed by atoms with Crippen LogP contribution >= 0.6 is 0 Å². The number of nitrogens with zero attached hydrogens (tertiary/aromatic N) is 2. The number of phenols is 1. The second-order valence-corrected chi connectivity index (χ2v) is 5.90. The van der Waals surface area contributed by atoms with Crippen LogP contribution in [0.15, 0.2) is 31.8 Å². The van der Waals surface area contributed by atoms with Crippen molar-refractivity contribution in [3.63, 3.8) is 0 Å². The van der Waals surface area contributed by atoms with Crippen LogP contribution in [-0.2, 0) is 6.42 Å². The first kappa shape index (κ1) is 16.2. The number of hydrogen-bond donors (Lipinski definition) is 1. The Morgan fingerprint density at radius 1 is 1.08 bits per heavy atom. The van der Waals surface area contributed by atoms with E-state index in [2.05, 4.69) is 17.1 Å². The van der Waals surface area contributed by atoms with E-state index in [4.69, 9.17) is 8.83 Å². The fourth-order valence-corrected chi connectivity index (χ4v) is 2.70. The standard InChI is InChI=1S/C18H20N2O4/c1-3-4-5-6-7-12-8-13-9-14(17-20-19-11(2)23-17)18(22)24-16(13)10-15(12)21/h8-10,21H,3-7H2,1-2H3. The summed E-state index contributed by atoms with van der Waals surface area (Å²) in [6.45, 7) is 3.82. The van der Waals surface area contributed by atoms with Crippen molar-refractivity contribution < 1.29 is 13.9 Å². The summed E-state index contributed by atoms with van der Waals surface area (Å²) in [5.41, 5.74) is 0.849. The van der Waals surface area contributed by atoms with Crippen LogP contribution < -0.4 is 5.63 Å². The molecule has 126 valence electrons. The average Bonchev–Trinajstić information content (AvgIpc) is 2.98. The Morgan fingerprint density at radius 3 is 2.62 bits per heavy atom. The van der Waals surface area contributed by atoms with Gasteiger partial charge in [-0.3, -0.25) is 0 Å². The Balaban J connectivity index is 1.97. The molecule has 0 spiro atoms. The lowest BCUT2D eigenvalue weighted by Crippen LogP contribution is -2.03. The minimum absolute atomic E-state index is 0.140. The van der Waals surface area contributed by atoms with Crippen molar-refractivity contribution in [3.05, 3.63) is 40.1 Å². The zero-order valence-corrected chi connectivity index (χ0v) is 13.8. The van der Waals surface area contributed by atoms with Crippen LogP contribution in [0.4, 0.5) is 0 Å². The maximum Gasteiger partial charge on any atom is 0.349 e. The summed E-state index contributed by atoms with van der Waals surface area (Å²) in [7, 11) is 0. The van der Waals surface area contributed by atoms with E-state index in [1.165, 1.54) is 18.9 Å². The molecule has 0 radical (unpaired) electrons. The SMILES string of the molecule is CCCCCCc1cc2cc(-c3nnc(C)o3)c(=O)oc2cc1O. The molecule has 2 aromatic heterocycles. The lowest BCUT2D eigenvalue weighted by molar-refractivity contribution is 0.464. The quantitative estimate of drug-likeness (QED) is 0.544. The van der Waals surface area contributed by atoms with Gasteiger partial charge in [0.1, 0.15) is 16.9 Å². The van der Waals surface area contributed by atoms with Gasteiger partial charge in [0.2, 0.25) is 5.89 Å². The molecular formula is C18H20N2O4. The lowest BCUT2D eigenvalue weighted by Gasteiger charge is -2.07. The molecule has 0 fully saturated rings. The van der Waals surface area contributed by atoms with Gasteiger partial charge < -0.3 is 13.9 Å². The highest BCUT2D eigenvalue weighted by Crippen LogP contribution is 2.28. The molecule has 3 rings (SSSR count). The van der Waals surface area contributed by atoms with E-state index in [1.807, 2.05) is 6.07 Å². The van der Waals surface area contributed by atoms with E-state index >= 15 is 0 Å². The first-order chi connectivity index (χ1) is 11.6. The van der Waals surface area contributed by atoms with E-state index in [0.717, 1.165) is 30.2 Å². The second kappa shape index (κ2) is 6.86. The zero-order chi connectivity index (χ0) is 17.1. The van der Waals surface area contributed by atoms with E-state index < -0.39 is 5.63 Å². The number of fused-ring (bicyclic) bond motifs is 1. The van der Waals surface area contributed by atoms with Crippen molar-refractivity contribution in [1.29, 1.82) is 0 Å². The van der Waals surface area contributed by atoms with Crippen LogP contribution in [0.3, 0.4) is 0 Å². The van der Waals surface area contributed by atoms with Crippen LogP contribution in [0.2, 0.25) is 0 Å². The van der Waals surface area contributed by atoms with E-state index in [1.54, 1.807) is 13.0 Å². The van der Waals surface area contributed by atoms with Gasteiger partial charge in [-0.05, 0) is 30.5 Å². The number of aromatic nitrogens is 2. The van der Waals surface area contributed by atoms with Gasteiger partial charge >= 0.3 is 5.63 Å². The Labute approximate surface area is 139 Å². The van der Waals surface area contributed by atoms with Gasteiger partial charge in [-0.2, -0.15) is 0 Å². The van der Waals surface area contributed by atoms with Crippen LogP contribution in [0, 0.1) is 6.92 Å². The molecule has 24 heavy (non-hydrogen) atoms. The summed E-state index contributed by atoms with van der Waals surface area (Å²) in [6.07, 6.45) is 5.28. The Hall–Kier alpha value is -2.63. The normalized spacial score (nSPS) is 11.2. The highest BCUT2D eigenvalue weighted by molar-refractivity contribution is 5.82. The third kappa shape index (κ3) is 3.32. The largest absolute Gasteiger partial charge is 0.508 e. The molecular weight excluding hydrogens is 308 g/mol. The van der Waals surface area contributed by atoms with Gasteiger partial charge in [0, 0.05) is 18.4 Å². The van der Waals surface area contributed by atoms with E-state index in [-0.39, 0.29) is 17.2 Å². The predicted molar refractivity (Wildman–Crippen MR) is 90.0 cm³/mol. The Kier molecular flexibility index (Phi) is 4.64. The fraction of sp³-hybridized carbons (Fsp3) is 0.389. The molecule has 0 saturated heterocycles. The van der Waals surface area contributed by atoms with Crippen molar-refractivity contribution in [1.82, 2.24) is 10.2 Å². The van der Waals surface area contributed by atoms with Crippen molar-refractivity contribution in [2.75, 3.05) is 0 Å². The fourth-order valence-electron chi connectivity index (χ4n) is 2.70. The minimum atomic E-state index is -0.568. The van der Waals surface area contributed by atoms with Crippen molar-refractivity contribution in [2.24, 2.45) is 0 Å². The number of phenolic OH excluding ortho intramolecular Hbond substituents is 1. The number of benzene rings is 1. The molecule has 1 aromatic carbocycles. The van der Waals surface area contributed by atoms with Crippen LogP contribution in [0.25, 0.3) is 22.4 Å². The summed E-state index contributed by atoms with van der Waals surface area (Å²) in [4.78, 5) is 12.1. The van der Waals surface area contributed by atoms with Crippen molar-refractivity contribution in [3.8, 4) is 17.2 Å². The third-order valence-electron chi connectivity index (χ3n) is 3.99. The molecule has 0 atom stereocenters. The Morgan fingerprint density at radius 2 is 1.92 bits per heavy atom. The molecule has 1 N–H and O–H groups in total. The van der Waals surface area contributed by atoms with Gasteiger partial charge in [0.25, 0.3) is 5.89 Å². The Bertz CT molecular complexity index is 911. The highest BCUT2D eigenvalue weighted by atomic mass is 16.4. The highest BCUT2D eigenvalue weighted by Gasteiger charge is 2.15. The van der Waals surface area contributed by atoms with Gasteiger partial charge in [-0.15, -0.1) is 10.2 Å². The number of aryl methyl sites for hydroxylation is 2. The zero-order valence-electron chi connectivity index (χ0n) is 13.8. The number of hydrogen-bond acceptors (Lipinski definition) is 6. The number of aromatic hydroxyl groups is 1. The molecule has 2 heterocycles. The molecule has 0 aliphatic rings. The predicted octanol–water partition coefficient (Wildman–Crippen LogP) is 3.98. The summed E-state index contributed by atoms with van der Waals surface area (Å²) >= 11 is 0. The van der Waals surface area contributed by atoms with Gasteiger partial charge in [0.05, 0.1) is 0 Å². The minimum Gasteiger partial charge on any atom is -0.508 e. The van der Waals surface area contributed by atoms with Crippen LogP contribution in [-0.4, -0.2) is 15.3 Å². The summed E-state index contributed by atoms with van der Waals surface area (Å²) in [6, 6.07) is 5.02. The average molecular weight is 328 g/mol. The van der Waals surface area contributed by atoms with E-state index in [0.29, 0.717) is 11.5 Å². The topological polar surface area (TPSA) is 89.4 Å². The second-order valence-electron chi connectivity index (χ2n) is 5.90. The molecule has 0 amide bonds. The molecule has 3 aromatic rings. The first-order valence-corrected chi connectivity index (χ1v) is 8.18. The van der Waals surface area contributed by atoms with Gasteiger partial charge in [0.15, 0.2) is 0 Å². The molecule has 6 heteroatoms. The molecule has 0 unspecified atom stereocenters. The molecule has 0 aliphatic heterocycles. The van der Waals surface area contributed by atoms with Gasteiger partial charge in [-0.1, -0.05) is 26.2 Å². The van der Waals surface area contributed by atoms with Gasteiger partial charge in [-0.25, -0.2) is 4.79 Å². The first-order valence-electron chi connectivity index (χ1n) is 8.18. The van der Waals surface area contributed by atoms with Crippen molar-refractivity contribution >= 4 is 11.0 Å². The third-order valence-corrected chi connectivity index (χ3v) is 3.99. The maximum absolute atomic E-state index is 12.1. The summed E-state index contributed by atoms with van der Waals surface area (Å²) < 4.78 is 10.6. The molecule has 6 nitrogen and oxygen atoms in total. The van der Waals surface area contributed by atoms with E-state index in [9.17, 15) is 9.90 Å². The molecule has 0 aliphatic carbocycles. The maximum atomic E-state index is 12.1. The van der Waals surface area contributed by atoms with Crippen molar-refractivity contribution in [2.45, 2.75) is 46.0 Å². The monoisotopic (exact) mass is 328 g/mol. The summed E-state index contributed by atoms with van der Waals surface area (Å²) in [5.74, 6) is 0.677. The summed E-state index contributed by atoms with van der Waals surface area (Å²) in [5, 5.41) is 18.5. The van der Waals surface area contributed by atoms with Crippen LogP contribution in [0.1, 0.15) is 44.1 Å². The molecule has 0 bridgehead atoms. The number of rotatable bonds is 6. The van der Waals surface area contributed by atoms with Crippen LogP contribution in [0.5, 0.6) is 5.75 Å². The number of unbranched alkanes of at least 4 members (excludes halogenated alkanes) is 3. The molecule has 0 saturated carbocycles. The lowest BCUT2D eigenvalue weighted by atomic mass is 10.0. The smallest absolute Gasteiger partial charge is 0.349 e.